The highest BCUT2D eigenvalue weighted by molar-refractivity contribution is 6.42. The topological polar surface area (TPSA) is 42.4 Å². The molecular formula is C14H10Cl2N2O2. The fourth-order valence-electron chi connectivity index (χ4n) is 2.02. The van der Waals surface area contributed by atoms with Crippen LogP contribution < -0.4 is 9.64 Å². The first-order valence-electron chi connectivity index (χ1n) is 5.97. The molecule has 0 N–H and O–H groups in total. The predicted octanol–water partition coefficient (Wildman–Crippen LogP) is 3.31. The van der Waals surface area contributed by atoms with E-state index in [1.54, 1.807) is 35.4 Å². The van der Waals surface area contributed by atoms with Gasteiger partial charge in [0.2, 0.25) is 0 Å². The number of halogens is 2. The number of carbonyl (C=O) groups excluding carboxylic acids is 1. The number of aromatic nitrogens is 1. The van der Waals surface area contributed by atoms with Crippen LogP contribution >= 0.6 is 23.2 Å². The standard InChI is InChI=1S/C14H10Cl2N2O2/c15-10-4-3-9(6-11(10)16)7-18-13(19)8-20-12-2-1-5-17-14(12)18/h1-6H,7-8H2. The number of nitrogens with zero attached hydrogens (tertiary/aromatic N) is 2. The van der Waals surface area contributed by atoms with Gasteiger partial charge in [-0.15, -0.1) is 0 Å². The van der Waals surface area contributed by atoms with Crippen molar-refractivity contribution in [1.29, 1.82) is 0 Å². The van der Waals surface area contributed by atoms with Crippen LogP contribution in [0, 0.1) is 0 Å². The van der Waals surface area contributed by atoms with Gasteiger partial charge in [0.05, 0.1) is 16.6 Å². The smallest absolute Gasteiger partial charge is 0.266 e. The van der Waals surface area contributed by atoms with Gasteiger partial charge in [-0.1, -0.05) is 29.3 Å². The van der Waals surface area contributed by atoms with Crippen molar-refractivity contribution in [2.24, 2.45) is 0 Å². The highest BCUT2D eigenvalue weighted by atomic mass is 35.5. The molecule has 6 heteroatoms. The summed E-state index contributed by atoms with van der Waals surface area (Å²) in [7, 11) is 0. The first kappa shape index (κ1) is 13.2. The molecule has 0 spiro atoms. The summed E-state index contributed by atoms with van der Waals surface area (Å²) in [5.74, 6) is 0.990. The van der Waals surface area contributed by atoms with Gasteiger partial charge in [-0.2, -0.15) is 0 Å². The van der Waals surface area contributed by atoms with Crippen LogP contribution in [0.15, 0.2) is 36.5 Å². The summed E-state index contributed by atoms with van der Waals surface area (Å²) in [6, 6.07) is 8.85. The Labute approximate surface area is 125 Å². The predicted molar refractivity (Wildman–Crippen MR) is 77.4 cm³/mol. The first-order valence-corrected chi connectivity index (χ1v) is 6.73. The highest BCUT2D eigenvalue weighted by Gasteiger charge is 2.26. The third-order valence-corrected chi connectivity index (χ3v) is 3.72. The molecule has 4 nitrogen and oxygen atoms in total. The zero-order chi connectivity index (χ0) is 14.1. The second-order valence-electron chi connectivity index (χ2n) is 4.34. The van der Waals surface area contributed by atoms with E-state index >= 15 is 0 Å². The minimum atomic E-state index is -0.137. The Hall–Kier alpha value is -1.78. The van der Waals surface area contributed by atoms with Gasteiger partial charge < -0.3 is 4.74 Å². The van der Waals surface area contributed by atoms with Crippen LogP contribution in [0.1, 0.15) is 5.56 Å². The Bertz CT molecular complexity index is 676. The van der Waals surface area contributed by atoms with Crippen LogP contribution in [-0.2, 0) is 11.3 Å². The number of hydrogen-bond acceptors (Lipinski definition) is 3. The molecule has 3 rings (SSSR count). The lowest BCUT2D eigenvalue weighted by molar-refractivity contribution is -0.121. The molecule has 1 aliphatic rings. The number of anilines is 1. The molecule has 0 radical (unpaired) electrons. The number of ether oxygens (including phenoxy) is 1. The molecule has 1 aromatic carbocycles. The molecule has 0 unspecified atom stereocenters. The number of fused-ring (bicyclic) bond motifs is 1. The summed E-state index contributed by atoms with van der Waals surface area (Å²) in [4.78, 5) is 17.8. The van der Waals surface area contributed by atoms with E-state index in [4.69, 9.17) is 27.9 Å². The van der Waals surface area contributed by atoms with Crippen molar-refractivity contribution in [3.63, 3.8) is 0 Å². The van der Waals surface area contributed by atoms with Crippen LogP contribution in [0.3, 0.4) is 0 Å². The van der Waals surface area contributed by atoms with E-state index < -0.39 is 0 Å². The molecule has 2 aromatic rings. The van der Waals surface area contributed by atoms with Gasteiger partial charge in [0.15, 0.2) is 18.2 Å². The molecule has 2 heterocycles. The molecule has 1 aliphatic heterocycles. The van der Waals surface area contributed by atoms with Gasteiger partial charge in [0.1, 0.15) is 0 Å². The molecular weight excluding hydrogens is 299 g/mol. The minimum absolute atomic E-state index is 0.0139. The quantitative estimate of drug-likeness (QED) is 0.854. The van der Waals surface area contributed by atoms with E-state index in [0.717, 1.165) is 5.56 Å². The first-order chi connectivity index (χ1) is 9.65. The Balaban J connectivity index is 1.93. The average molecular weight is 309 g/mol. The number of amides is 1. The summed E-state index contributed by atoms with van der Waals surface area (Å²) in [6.07, 6.45) is 1.63. The third kappa shape index (κ3) is 2.44. The molecule has 1 aromatic heterocycles. The maximum Gasteiger partial charge on any atom is 0.266 e. The maximum absolute atomic E-state index is 12.0. The molecule has 0 atom stereocenters. The molecule has 20 heavy (non-hydrogen) atoms. The van der Waals surface area contributed by atoms with E-state index in [1.807, 2.05) is 6.07 Å². The lowest BCUT2D eigenvalue weighted by Gasteiger charge is -2.28. The number of hydrogen-bond donors (Lipinski definition) is 0. The Kier molecular flexibility index (Phi) is 3.51. The second-order valence-corrected chi connectivity index (χ2v) is 5.16. The molecule has 0 aliphatic carbocycles. The number of pyridine rings is 1. The summed E-state index contributed by atoms with van der Waals surface area (Å²) in [5.41, 5.74) is 0.881. The number of rotatable bonds is 2. The Morgan fingerprint density at radius 1 is 1.25 bits per heavy atom. The van der Waals surface area contributed by atoms with Crippen LogP contribution in [-0.4, -0.2) is 17.5 Å². The molecule has 102 valence electrons. The van der Waals surface area contributed by atoms with Crippen LogP contribution in [0.25, 0.3) is 0 Å². The lowest BCUT2D eigenvalue weighted by Crippen LogP contribution is -2.38. The Morgan fingerprint density at radius 2 is 2.10 bits per heavy atom. The summed E-state index contributed by atoms with van der Waals surface area (Å²) < 4.78 is 5.35. The molecule has 0 saturated carbocycles. The van der Waals surface area contributed by atoms with Crippen LogP contribution in [0.2, 0.25) is 10.0 Å². The molecule has 0 bridgehead atoms. The van der Waals surface area contributed by atoms with Gasteiger partial charge >= 0.3 is 0 Å². The largest absolute Gasteiger partial charge is 0.480 e. The van der Waals surface area contributed by atoms with Gasteiger partial charge in [-0.05, 0) is 29.8 Å². The highest BCUT2D eigenvalue weighted by Crippen LogP contribution is 2.31. The van der Waals surface area contributed by atoms with E-state index in [2.05, 4.69) is 4.98 Å². The third-order valence-electron chi connectivity index (χ3n) is 2.98. The number of benzene rings is 1. The van der Waals surface area contributed by atoms with Crippen molar-refractivity contribution in [3.05, 3.63) is 52.1 Å². The summed E-state index contributed by atoms with van der Waals surface area (Å²) in [6.45, 7) is 0.392. The SMILES string of the molecule is O=C1COc2cccnc2N1Cc1ccc(Cl)c(Cl)c1. The fourth-order valence-corrected chi connectivity index (χ4v) is 2.34. The van der Waals surface area contributed by atoms with Gasteiger partial charge in [-0.3, -0.25) is 9.69 Å². The van der Waals surface area contributed by atoms with Gasteiger partial charge in [0, 0.05) is 6.20 Å². The zero-order valence-corrected chi connectivity index (χ0v) is 11.9. The maximum atomic E-state index is 12.0. The average Bonchev–Trinajstić information content (AvgIpc) is 2.46. The van der Waals surface area contributed by atoms with Gasteiger partial charge in [0.25, 0.3) is 5.91 Å². The zero-order valence-electron chi connectivity index (χ0n) is 10.3. The molecule has 0 saturated heterocycles. The summed E-state index contributed by atoms with van der Waals surface area (Å²) >= 11 is 11.9. The van der Waals surface area contributed by atoms with Crippen LogP contribution in [0.4, 0.5) is 5.82 Å². The van der Waals surface area contributed by atoms with E-state index in [1.165, 1.54) is 0 Å². The second kappa shape index (κ2) is 5.31. The fraction of sp³-hybridized carbons (Fsp3) is 0.143. The van der Waals surface area contributed by atoms with E-state index in [0.29, 0.717) is 28.2 Å². The van der Waals surface area contributed by atoms with Gasteiger partial charge in [-0.25, -0.2) is 4.98 Å². The summed E-state index contributed by atoms with van der Waals surface area (Å²) in [5, 5.41) is 0.952. The lowest BCUT2D eigenvalue weighted by atomic mass is 10.2. The van der Waals surface area contributed by atoms with E-state index in [-0.39, 0.29) is 12.5 Å². The molecule has 1 amide bonds. The van der Waals surface area contributed by atoms with Crippen molar-refractivity contribution in [3.8, 4) is 5.75 Å². The monoisotopic (exact) mass is 308 g/mol. The van der Waals surface area contributed by atoms with Crippen molar-refractivity contribution >= 4 is 34.9 Å². The van der Waals surface area contributed by atoms with Crippen molar-refractivity contribution in [1.82, 2.24) is 4.98 Å². The normalized spacial score (nSPS) is 13.9. The number of carbonyl (C=O) groups is 1. The Morgan fingerprint density at radius 3 is 2.90 bits per heavy atom. The van der Waals surface area contributed by atoms with Crippen molar-refractivity contribution in [2.45, 2.75) is 6.54 Å². The minimum Gasteiger partial charge on any atom is -0.480 e. The van der Waals surface area contributed by atoms with Crippen molar-refractivity contribution < 1.29 is 9.53 Å². The van der Waals surface area contributed by atoms with Crippen LogP contribution in [0.5, 0.6) is 5.75 Å². The molecule has 0 fully saturated rings. The van der Waals surface area contributed by atoms with E-state index in [9.17, 15) is 4.79 Å². The van der Waals surface area contributed by atoms with Crippen molar-refractivity contribution in [2.75, 3.05) is 11.5 Å².